The average molecular weight is 366 g/mol. The zero-order chi connectivity index (χ0) is 19.5. The van der Waals surface area contributed by atoms with Crippen molar-refractivity contribution in [3.8, 4) is 0 Å². The first-order chi connectivity index (χ1) is 12.5. The fourth-order valence-electron chi connectivity index (χ4n) is 2.18. The van der Waals surface area contributed by atoms with E-state index < -0.39 is 5.97 Å². The topological polar surface area (TPSA) is 92.4 Å². The standard InChI is InChI=1S/C18H26N2O6/c1-7-25-18(21)10-16(23-5)12(2)15(22-4)8-9-17-19-14(11-26-17)13(3)20-24-6/h8-12,15H,7H2,1-6H3/b9-8+,16-10+,20-13-/t12-,15+/m1/s1. The van der Waals surface area contributed by atoms with Crippen molar-refractivity contribution in [3.63, 3.8) is 0 Å². The van der Waals surface area contributed by atoms with Gasteiger partial charge in [-0.15, -0.1) is 0 Å². The summed E-state index contributed by atoms with van der Waals surface area (Å²) < 4.78 is 21.1. The van der Waals surface area contributed by atoms with Crippen LogP contribution in [-0.4, -0.2) is 50.7 Å². The van der Waals surface area contributed by atoms with Crippen LogP contribution in [0.2, 0.25) is 0 Å². The minimum atomic E-state index is -0.458. The Kier molecular flexibility index (Phi) is 9.14. The van der Waals surface area contributed by atoms with Crippen molar-refractivity contribution in [3.05, 3.63) is 35.8 Å². The molecule has 0 saturated heterocycles. The highest BCUT2D eigenvalue weighted by Crippen LogP contribution is 2.20. The molecule has 1 rings (SSSR count). The lowest BCUT2D eigenvalue weighted by molar-refractivity contribution is -0.137. The Morgan fingerprint density at radius 1 is 1.38 bits per heavy atom. The van der Waals surface area contributed by atoms with Gasteiger partial charge in [0.05, 0.1) is 25.9 Å². The van der Waals surface area contributed by atoms with Crippen LogP contribution in [0.1, 0.15) is 32.4 Å². The molecule has 0 aliphatic rings. The highest BCUT2D eigenvalue weighted by atomic mass is 16.6. The molecular formula is C18H26N2O6. The fraction of sp³-hybridized carbons (Fsp3) is 0.500. The van der Waals surface area contributed by atoms with E-state index in [1.54, 1.807) is 33.1 Å². The number of methoxy groups -OCH3 is 2. The molecule has 0 aliphatic carbocycles. The molecule has 0 spiro atoms. The number of hydrogen-bond acceptors (Lipinski definition) is 8. The molecule has 0 N–H and O–H groups in total. The highest BCUT2D eigenvalue weighted by Gasteiger charge is 2.21. The Hall–Kier alpha value is -2.61. The van der Waals surface area contributed by atoms with Crippen LogP contribution in [0.5, 0.6) is 0 Å². The highest BCUT2D eigenvalue weighted by molar-refractivity contribution is 5.96. The predicted octanol–water partition coefficient (Wildman–Crippen LogP) is 2.80. The molecule has 0 fully saturated rings. The summed E-state index contributed by atoms with van der Waals surface area (Å²) in [7, 11) is 4.53. The number of aromatic nitrogens is 1. The van der Waals surface area contributed by atoms with E-state index in [1.165, 1.54) is 26.6 Å². The van der Waals surface area contributed by atoms with E-state index in [1.807, 2.05) is 6.92 Å². The number of rotatable bonds is 10. The van der Waals surface area contributed by atoms with Crippen molar-refractivity contribution in [2.24, 2.45) is 11.1 Å². The van der Waals surface area contributed by atoms with Gasteiger partial charge in [0.1, 0.15) is 30.5 Å². The van der Waals surface area contributed by atoms with Crippen molar-refractivity contribution in [1.29, 1.82) is 0 Å². The first-order valence-electron chi connectivity index (χ1n) is 8.13. The van der Waals surface area contributed by atoms with Crippen molar-refractivity contribution >= 4 is 17.8 Å². The van der Waals surface area contributed by atoms with Gasteiger partial charge in [-0.05, 0) is 26.0 Å². The molecule has 2 atom stereocenters. The number of carbonyl (C=O) groups excluding carboxylic acids is 1. The van der Waals surface area contributed by atoms with Crippen LogP contribution in [0, 0.1) is 5.92 Å². The van der Waals surface area contributed by atoms with Gasteiger partial charge in [0, 0.05) is 13.0 Å². The molecule has 0 aromatic carbocycles. The van der Waals surface area contributed by atoms with Gasteiger partial charge in [-0.2, -0.15) is 0 Å². The molecule has 0 unspecified atom stereocenters. The maximum absolute atomic E-state index is 11.6. The van der Waals surface area contributed by atoms with Gasteiger partial charge in [-0.25, -0.2) is 9.78 Å². The summed E-state index contributed by atoms with van der Waals surface area (Å²) in [6.45, 7) is 5.68. The SMILES string of the molecule is CCOC(=O)/C=C(/OC)[C@H](C)[C@H](/C=C/c1nc(/C(C)=N\OC)co1)OC. The Labute approximate surface area is 153 Å². The van der Waals surface area contributed by atoms with Gasteiger partial charge in [0.15, 0.2) is 0 Å². The number of carbonyl (C=O) groups is 1. The van der Waals surface area contributed by atoms with Crippen LogP contribution in [0.3, 0.4) is 0 Å². The number of hydrogen-bond donors (Lipinski definition) is 0. The van der Waals surface area contributed by atoms with Gasteiger partial charge < -0.3 is 23.5 Å². The number of ether oxygens (including phenoxy) is 3. The zero-order valence-electron chi connectivity index (χ0n) is 16.0. The fourth-order valence-corrected chi connectivity index (χ4v) is 2.18. The van der Waals surface area contributed by atoms with E-state index in [2.05, 4.69) is 10.1 Å². The third-order valence-electron chi connectivity index (χ3n) is 3.55. The molecule has 144 valence electrons. The van der Waals surface area contributed by atoms with E-state index >= 15 is 0 Å². The first-order valence-corrected chi connectivity index (χ1v) is 8.13. The van der Waals surface area contributed by atoms with Crippen molar-refractivity contribution < 1.29 is 28.3 Å². The normalized spacial score (nSPS) is 15.0. The van der Waals surface area contributed by atoms with E-state index in [0.717, 1.165) is 0 Å². The maximum atomic E-state index is 11.6. The summed E-state index contributed by atoms with van der Waals surface area (Å²) in [6, 6.07) is 0. The summed E-state index contributed by atoms with van der Waals surface area (Å²) in [5, 5.41) is 3.80. The lowest BCUT2D eigenvalue weighted by Crippen LogP contribution is -2.21. The molecule has 0 radical (unpaired) electrons. The number of oxime groups is 1. The second-order valence-corrected chi connectivity index (χ2v) is 5.28. The Morgan fingerprint density at radius 3 is 2.69 bits per heavy atom. The van der Waals surface area contributed by atoms with Crippen molar-refractivity contribution in [1.82, 2.24) is 4.98 Å². The Morgan fingerprint density at radius 2 is 2.12 bits per heavy atom. The monoisotopic (exact) mass is 366 g/mol. The molecule has 8 heteroatoms. The van der Waals surface area contributed by atoms with Gasteiger partial charge in [-0.3, -0.25) is 0 Å². The van der Waals surface area contributed by atoms with E-state index in [0.29, 0.717) is 29.7 Å². The second-order valence-electron chi connectivity index (χ2n) is 5.28. The van der Waals surface area contributed by atoms with Crippen molar-refractivity contribution in [2.75, 3.05) is 27.9 Å². The summed E-state index contributed by atoms with van der Waals surface area (Å²) in [4.78, 5) is 20.6. The molecule has 1 heterocycles. The third-order valence-corrected chi connectivity index (χ3v) is 3.55. The minimum absolute atomic E-state index is 0.225. The Bertz CT molecular complexity index is 662. The molecule has 0 aliphatic heterocycles. The van der Waals surface area contributed by atoms with Crippen molar-refractivity contribution in [2.45, 2.75) is 26.9 Å². The minimum Gasteiger partial charge on any atom is -0.500 e. The molecule has 26 heavy (non-hydrogen) atoms. The lowest BCUT2D eigenvalue weighted by atomic mass is 10.0. The molecular weight excluding hydrogens is 340 g/mol. The van der Waals surface area contributed by atoms with E-state index in [9.17, 15) is 4.79 Å². The second kappa shape index (κ2) is 11.1. The molecule has 0 saturated carbocycles. The van der Waals surface area contributed by atoms with Crippen LogP contribution < -0.4 is 0 Å². The predicted molar refractivity (Wildman–Crippen MR) is 96.4 cm³/mol. The largest absolute Gasteiger partial charge is 0.500 e. The van der Waals surface area contributed by atoms with Crippen LogP contribution >= 0.6 is 0 Å². The van der Waals surface area contributed by atoms with Crippen LogP contribution in [-0.2, 0) is 23.8 Å². The molecule has 0 bridgehead atoms. The molecule has 1 aromatic rings. The number of nitrogens with zero attached hydrogens (tertiary/aromatic N) is 2. The third kappa shape index (κ3) is 6.36. The van der Waals surface area contributed by atoms with Gasteiger partial charge >= 0.3 is 5.97 Å². The molecule has 8 nitrogen and oxygen atoms in total. The van der Waals surface area contributed by atoms with Crippen LogP contribution in [0.25, 0.3) is 6.08 Å². The number of esters is 1. The molecule has 1 aromatic heterocycles. The maximum Gasteiger partial charge on any atom is 0.334 e. The molecule has 0 amide bonds. The van der Waals surface area contributed by atoms with E-state index in [4.69, 9.17) is 23.5 Å². The smallest absolute Gasteiger partial charge is 0.334 e. The van der Waals surface area contributed by atoms with Gasteiger partial charge in [0.2, 0.25) is 5.89 Å². The summed E-state index contributed by atoms with van der Waals surface area (Å²) in [6.07, 6.45) is 5.92. The summed E-state index contributed by atoms with van der Waals surface area (Å²) >= 11 is 0. The van der Waals surface area contributed by atoms with E-state index in [-0.39, 0.29) is 12.0 Å². The summed E-state index contributed by atoms with van der Waals surface area (Å²) in [5.41, 5.74) is 1.18. The average Bonchev–Trinajstić information content (AvgIpc) is 3.09. The Balaban J connectivity index is 2.89. The zero-order valence-corrected chi connectivity index (χ0v) is 16.0. The van der Waals surface area contributed by atoms with Crippen LogP contribution in [0.15, 0.2) is 33.7 Å². The lowest BCUT2D eigenvalue weighted by Gasteiger charge is -2.21. The summed E-state index contributed by atoms with van der Waals surface area (Å²) in [5.74, 6) is 0.168. The number of oxazole rings is 1. The van der Waals surface area contributed by atoms with Gasteiger partial charge in [0.25, 0.3) is 0 Å². The first kappa shape index (κ1) is 21.4. The van der Waals surface area contributed by atoms with Crippen LogP contribution in [0.4, 0.5) is 0 Å². The van der Waals surface area contributed by atoms with Gasteiger partial charge in [-0.1, -0.05) is 12.1 Å². The quantitative estimate of drug-likeness (QED) is 0.207.